The summed E-state index contributed by atoms with van der Waals surface area (Å²) in [5.74, 6) is 0. The molecule has 0 bridgehead atoms. The number of hydrogen-bond donors (Lipinski definition) is 2. The summed E-state index contributed by atoms with van der Waals surface area (Å²) < 4.78 is 30.7. The van der Waals surface area contributed by atoms with Crippen molar-refractivity contribution >= 4 is 49.6 Å². The van der Waals surface area contributed by atoms with E-state index in [9.17, 15) is 8.42 Å². The molecule has 0 aliphatic heterocycles. The van der Waals surface area contributed by atoms with Crippen molar-refractivity contribution in [3.63, 3.8) is 0 Å². The Morgan fingerprint density at radius 1 is 1.19 bits per heavy atom. The van der Waals surface area contributed by atoms with Crippen molar-refractivity contribution in [2.45, 2.75) is 4.90 Å². The normalized spacial score (nSPS) is 11.1. The van der Waals surface area contributed by atoms with Crippen molar-refractivity contribution in [2.75, 3.05) is 5.73 Å². The van der Waals surface area contributed by atoms with E-state index in [0.717, 1.165) is 5.39 Å². The maximum absolute atomic E-state index is 10.9. The maximum atomic E-state index is 10.9. The van der Waals surface area contributed by atoms with Gasteiger partial charge in [0.05, 0.1) is 4.90 Å². The van der Waals surface area contributed by atoms with Gasteiger partial charge in [0.1, 0.15) is 0 Å². The van der Waals surface area contributed by atoms with Gasteiger partial charge in [-0.1, -0.05) is 18.2 Å². The Bertz CT molecular complexity index is 634. The third-order valence-electron chi connectivity index (χ3n) is 2.19. The van der Waals surface area contributed by atoms with Crippen LogP contribution in [0.5, 0.6) is 0 Å². The molecule has 0 fully saturated rings. The fourth-order valence-corrected chi connectivity index (χ4v) is 1.94. The number of benzene rings is 2. The van der Waals surface area contributed by atoms with Gasteiger partial charge in [-0.3, -0.25) is 4.55 Å². The van der Waals surface area contributed by atoms with Crippen LogP contribution in [0.25, 0.3) is 10.8 Å². The molecule has 0 spiro atoms. The van der Waals surface area contributed by atoms with Gasteiger partial charge in [-0.2, -0.15) is 8.42 Å². The smallest absolute Gasteiger partial charge is 1.00 e. The van der Waals surface area contributed by atoms with Gasteiger partial charge in [0.15, 0.2) is 0 Å². The molecule has 6 heteroatoms. The molecule has 3 N–H and O–H groups in total. The summed E-state index contributed by atoms with van der Waals surface area (Å²) in [6.45, 7) is 0. The van der Waals surface area contributed by atoms with Gasteiger partial charge in [0, 0.05) is 11.1 Å². The standard InChI is InChI=1S/C10H9NO3S.Mg.2H/c11-10-3-1-2-7-4-5-8(6-9(7)10)15(12,13)14;;;/h1-6H,11H2,(H,12,13,14);;;/q;+2;2*-1. The molecule has 0 radical (unpaired) electrons. The molecule has 0 atom stereocenters. The Morgan fingerprint density at radius 3 is 2.50 bits per heavy atom. The van der Waals surface area contributed by atoms with Gasteiger partial charge in [0.2, 0.25) is 0 Å². The van der Waals surface area contributed by atoms with Crippen molar-refractivity contribution < 1.29 is 15.8 Å². The van der Waals surface area contributed by atoms with Gasteiger partial charge in [-0.05, 0) is 23.6 Å². The third-order valence-corrected chi connectivity index (χ3v) is 3.03. The van der Waals surface area contributed by atoms with Crippen molar-refractivity contribution in [3.8, 4) is 0 Å². The van der Waals surface area contributed by atoms with Crippen LogP contribution in [0.4, 0.5) is 5.69 Å². The molecule has 0 aliphatic carbocycles. The largest absolute Gasteiger partial charge is 2.00 e. The van der Waals surface area contributed by atoms with E-state index in [0.29, 0.717) is 11.1 Å². The van der Waals surface area contributed by atoms with Crippen LogP contribution in [-0.4, -0.2) is 36.0 Å². The van der Waals surface area contributed by atoms with Gasteiger partial charge in [-0.15, -0.1) is 0 Å². The minimum atomic E-state index is -4.17. The van der Waals surface area contributed by atoms with Crippen LogP contribution in [0.15, 0.2) is 41.3 Å². The zero-order valence-corrected chi connectivity index (χ0v) is 10.7. The van der Waals surface area contributed by atoms with Gasteiger partial charge in [-0.25, -0.2) is 0 Å². The van der Waals surface area contributed by atoms with Gasteiger partial charge in [0.25, 0.3) is 10.1 Å². The topological polar surface area (TPSA) is 80.4 Å². The molecule has 0 saturated heterocycles. The van der Waals surface area contributed by atoms with Crippen molar-refractivity contribution in [3.05, 3.63) is 36.4 Å². The first-order chi connectivity index (χ1) is 6.98. The molecule has 0 heterocycles. The minimum absolute atomic E-state index is 0. The molecular weight excluding hydrogens is 238 g/mol. The fourth-order valence-electron chi connectivity index (χ4n) is 1.44. The predicted octanol–water partition coefficient (Wildman–Crippen LogP) is 1.51. The molecule has 2 aromatic rings. The molecule has 2 aromatic carbocycles. The van der Waals surface area contributed by atoms with Gasteiger partial charge >= 0.3 is 23.1 Å². The summed E-state index contributed by atoms with van der Waals surface area (Å²) in [6.07, 6.45) is 0. The first-order valence-corrected chi connectivity index (χ1v) is 5.68. The average Bonchev–Trinajstić information content (AvgIpc) is 2.16. The summed E-state index contributed by atoms with van der Waals surface area (Å²) in [6, 6.07) is 9.59. The van der Waals surface area contributed by atoms with Crippen LogP contribution in [0, 0.1) is 0 Å². The molecule has 0 amide bonds. The fraction of sp³-hybridized carbons (Fsp3) is 0. The van der Waals surface area contributed by atoms with E-state index in [1.165, 1.54) is 12.1 Å². The van der Waals surface area contributed by atoms with Crippen molar-refractivity contribution in [1.82, 2.24) is 0 Å². The van der Waals surface area contributed by atoms with E-state index in [1.807, 2.05) is 6.07 Å². The predicted molar refractivity (Wildman–Crippen MR) is 66.2 cm³/mol. The first-order valence-electron chi connectivity index (χ1n) is 4.24. The minimum Gasteiger partial charge on any atom is -1.00 e. The Labute approximate surface area is 112 Å². The second-order valence-corrected chi connectivity index (χ2v) is 4.63. The molecular formula is C10H11MgNO3S. The quantitative estimate of drug-likeness (QED) is 0.456. The molecule has 0 aliphatic rings. The number of anilines is 1. The Kier molecular flexibility index (Phi) is 3.79. The number of fused-ring (bicyclic) bond motifs is 1. The third kappa shape index (κ3) is 2.46. The van der Waals surface area contributed by atoms with E-state index in [2.05, 4.69) is 0 Å². The molecule has 16 heavy (non-hydrogen) atoms. The van der Waals surface area contributed by atoms with E-state index in [4.69, 9.17) is 10.3 Å². The second-order valence-electron chi connectivity index (χ2n) is 3.21. The molecule has 0 aromatic heterocycles. The zero-order valence-electron chi connectivity index (χ0n) is 10.4. The van der Waals surface area contributed by atoms with Crippen LogP contribution in [0.2, 0.25) is 0 Å². The number of nitrogen functional groups attached to an aromatic ring is 1. The maximum Gasteiger partial charge on any atom is 2.00 e. The molecule has 82 valence electrons. The van der Waals surface area contributed by atoms with E-state index in [1.54, 1.807) is 18.2 Å². The van der Waals surface area contributed by atoms with Crippen LogP contribution in [-0.2, 0) is 10.1 Å². The van der Waals surface area contributed by atoms with E-state index >= 15 is 0 Å². The van der Waals surface area contributed by atoms with E-state index in [-0.39, 0.29) is 30.8 Å². The van der Waals surface area contributed by atoms with Gasteiger partial charge < -0.3 is 8.59 Å². The average molecular weight is 250 g/mol. The van der Waals surface area contributed by atoms with Crippen LogP contribution >= 0.6 is 0 Å². The Balaban J connectivity index is 0. The monoisotopic (exact) mass is 249 g/mol. The Morgan fingerprint density at radius 2 is 1.88 bits per heavy atom. The first kappa shape index (κ1) is 13.2. The Hall–Kier alpha value is -0.824. The van der Waals surface area contributed by atoms with Crippen molar-refractivity contribution in [2.24, 2.45) is 0 Å². The summed E-state index contributed by atoms with van der Waals surface area (Å²) >= 11 is 0. The molecule has 2 rings (SSSR count). The number of hydrogen-bond acceptors (Lipinski definition) is 3. The van der Waals surface area contributed by atoms with Crippen LogP contribution in [0.1, 0.15) is 2.85 Å². The zero-order chi connectivity index (χ0) is 11.1. The van der Waals surface area contributed by atoms with E-state index < -0.39 is 10.1 Å². The summed E-state index contributed by atoms with van der Waals surface area (Å²) in [5.41, 5.74) is 6.18. The molecule has 0 unspecified atom stereocenters. The summed E-state index contributed by atoms with van der Waals surface area (Å²) in [7, 11) is -4.17. The summed E-state index contributed by atoms with van der Waals surface area (Å²) in [5, 5.41) is 1.45. The summed E-state index contributed by atoms with van der Waals surface area (Å²) in [4.78, 5) is -0.145. The van der Waals surface area contributed by atoms with Crippen LogP contribution in [0.3, 0.4) is 0 Å². The second kappa shape index (κ2) is 4.58. The molecule has 4 nitrogen and oxygen atoms in total. The van der Waals surface area contributed by atoms with Crippen LogP contribution < -0.4 is 5.73 Å². The number of nitrogens with two attached hydrogens (primary N) is 1. The van der Waals surface area contributed by atoms with Crippen molar-refractivity contribution in [1.29, 1.82) is 0 Å². The molecule has 0 saturated carbocycles. The number of rotatable bonds is 1. The SMILES string of the molecule is Nc1cccc2ccc(S(=O)(=O)O)cc12.[H-].[H-].[Mg+2].